The highest BCUT2D eigenvalue weighted by atomic mass is 19.1. The number of rotatable bonds is 6. The number of likely N-dealkylation sites (tertiary alicyclic amines) is 1. The summed E-state index contributed by atoms with van der Waals surface area (Å²) in [6, 6.07) is 11.7. The highest BCUT2D eigenvalue weighted by Crippen LogP contribution is 2.48. The van der Waals surface area contributed by atoms with Gasteiger partial charge >= 0.3 is 0 Å². The van der Waals surface area contributed by atoms with Crippen LogP contribution >= 0.6 is 0 Å². The zero-order valence-electron chi connectivity index (χ0n) is 21.4. The van der Waals surface area contributed by atoms with Gasteiger partial charge in [-0.2, -0.15) is 5.10 Å². The number of carbonyl (C=O) groups is 1. The number of nitrogens with two attached hydrogens (primary N) is 1. The number of nitrogens with zero attached hydrogens (tertiary/aromatic N) is 6. The van der Waals surface area contributed by atoms with Gasteiger partial charge in [-0.05, 0) is 62.7 Å². The average Bonchev–Trinajstić information content (AvgIpc) is 3.22. The molecule has 0 bridgehead atoms. The normalized spacial score (nSPS) is 20.3. The summed E-state index contributed by atoms with van der Waals surface area (Å²) in [7, 11) is 0. The molecule has 3 aromatic heterocycles. The third-order valence-corrected chi connectivity index (χ3v) is 7.23. The lowest BCUT2D eigenvalue weighted by Crippen LogP contribution is -2.33. The quantitative estimate of drug-likeness (QED) is 0.420. The van der Waals surface area contributed by atoms with Crippen molar-refractivity contribution in [1.82, 2.24) is 29.6 Å². The summed E-state index contributed by atoms with van der Waals surface area (Å²) in [5.74, 6) is 1.01. The molecule has 2 aliphatic rings. The summed E-state index contributed by atoms with van der Waals surface area (Å²) < 4.78 is 21.3. The molecule has 1 aliphatic heterocycles. The average molecular weight is 514 g/mol. The molecule has 4 heterocycles. The summed E-state index contributed by atoms with van der Waals surface area (Å²) in [5.41, 5.74) is 9.29. The molecule has 1 saturated heterocycles. The summed E-state index contributed by atoms with van der Waals surface area (Å²) in [6.45, 7) is 6.86. The molecule has 1 saturated carbocycles. The zero-order valence-corrected chi connectivity index (χ0v) is 21.4. The van der Waals surface area contributed by atoms with Gasteiger partial charge < -0.3 is 15.4 Å². The van der Waals surface area contributed by atoms with Crippen molar-refractivity contribution < 1.29 is 13.9 Å². The van der Waals surface area contributed by atoms with E-state index < -0.39 is 5.54 Å². The van der Waals surface area contributed by atoms with Crippen LogP contribution in [0.5, 0.6) is 5.88 Å². The van der Waals surface area contributed by atoms with Gasteiger partial charge in [-0.3, -0.25) is 4.79 Å². The lowest BCUT2D eigenvalue weighted by Gasteiger charge is -2.22. The SMILES string of the molecule is Cc1nn(-c2ncccn2)cc1C(=O)N1C[C@@H]2[C@H](C1)[C@@H]2Oc1cc(C(C)(C)N)cc(-c2ccc(F)cc2)n1. The second kappa shape index (κ2) is 8.98. The Kier molecular flexibility index (Phi) is 5.71. The highest BCUT2D eigenvalue weighted by molar-refractivity contribution is 5.95. The molecule has 0 spiro atoms. The molecule has 1 amide bonds. The Labute approximate surface area is 219 Å². The standard InChI is InChI=1S/C28H28FN7O2/c1-16-20(15-36(34-16)27-31-9-4-10-32-27)26(37)35-13-21-22(14-35)25(21)38-24-12-18(28(2,3)30)11-23(33-24)17-5-7-19(29)8-6-17/h4-12,15,21-22,25H,13-14,30H2,1-3H3/t21-,22+,25-. The van der Waals surface area contributed by atoms with Crippen molar-refractivity contribution in [1.29, 1.82) is 0 Å². The van der Waals surface area contributed by atoms with Crippen LogP contribution in [-0.4, -0.2) is 54.7 Å². The Bertz CT molecular complexity index is 1490. The van der Waals surface area contributed by atoms with E-state index in [1.807, 2.05) is 37.8 Å². The van der Waals surface area contributed by atoms with Gasteiger partial charge in [0.25, 0.3) is 5.91 Å². The molecule has 4 aromatic rings. The molecular formula is C28H28FN7O2. The monoisotopic (exact) mass is 513 g/mol. The second-order valence-electron chi connectivity index (χ2n) is 10.5. The first kappa shape index (κ1) is 24.2. The number of amides is 1. The lowest BCUT2D eigenvalue weighted by molar-refractivity contribution is 0.0751. The van der Waals surface area contributed by atoms with Crippen molar-refractivity contribution in [2.75, 3.05) is 13.1 Å². The number of hydrogen-bond donors (Lipinski definition) is 1. The number of pyridine rings is 1. The third-order valence-electron chi connectivity index (χ3n) is 7.23. The van der Waals surface area contributed by atoms with Crippen LogP contribution in [0.4, 0.5) is 4.39 Å². The first-order chi connectivity index (χ1) is 18.2. The Morgan fingerprint density at radius 1 is 1.11 bits per heavy atom. The minimum Gasteiger partial charge on any atom is -0.474 e. The van der Waals surface area contributed by atoms with Crippen LogP contribution in [0.2, 0.25) is 0 Å². The van der Waals surface area contributed by atoms with Gasteiger partial charge in [-0.1, -0.05) is 0 Å². The number of aryl methyl sites for hydroxylation is 1. The van der Waals surface area contributed by atoms with Gasteiger partial charge in [-0.15, -0.1) is 0 Å². The first-order valence-electron chi connectivity index (χ1n) is 12.5. The van der Waals surface area contributed by atoms with Crippen LogP contribution in [0.15, 0.2) is 61.1 Å². The molecule has 1 aliphatic carbocycles. The number of halogens is 1. The van der Waals surface area contributed by atoms with E-state index in [4.69, 9.17) is 15.5 Å². The maximum Gasteiger partial charge on any atom is 0.257 e. The van der Waals surface area contributed by atoms with Gasteiger partial charge in [0.05, 0.1) is 17.0 Å². The summed E-state index contributed by atoms with van der Waals surface area (Å²) >= 11 is 0. The Morgan fingerprint density at radius 2 is 1.79 bits per heavy atom. The number of fused-ring (bicyclic) bond motifs is 1. The maximum atomic E-state index is 13.5. The fourth-order valence-corrected chi connectivity index (χ4v) is 5.01. The molecule has 6 rings (SSSR count). The highest BCUT2D eigenvalue weighted by Gasteiger charge is 2.59. The zero-order chi connectivity index (χ0) is 26.6. The van der Waals surface area contributed by atoms with E-state index in [1.54, 1.807) is 36.8 Å². The van der Waals surface area contributed by atoms with E-state index in [9.17, 15) is 9.18 Å². The Balaban J connectivity index is 1.16. The minimum atomic E-state index is -0.606. The van der Waals surface area contributed by atoms with E-state index in [2.05, 4.69) is 15.1 Å². The number of aromatic nitrogens is 5. The van der Waals surface area contributed by atoms with Crippen LogP contribution in [0.3, 0.4) is 0 Å². The number of ether oxygens (including phenoxy) is 1. The summed E-state index contributed by atoms with van der Waals surface area (Å²) in [4.78, 5) is 28.2. The van der Waals surface area contributed by atoms with Gasteiger partial charge in [0.1, 0.15) is 11.9 Å². The Hall–Kier alpha value is -4.18. The van der Waals surface area contributed by atoms with Gasteiger partial charge in [-0.25, -0.2) is 24.0 Å². The Morgan fingerprint density at radius 3 is 2.45 bits per heavy atom. The number of carbonyl (C=O) groups excluding carboxylic acids is 1. The molecule has 2 fully saturated rings. The topological polar surface area (TPSA) is 112 Å². The second-order valence-corrected chi connectivity index (χ2v) is 10.5. The molecule has 194 valence electrons. The molecule has 10 heteroatoms. The smallest absolute Gasteiger partial charge is 0.257 e. The largest absolute Gasteiger partial charge is 0.474 e. The van der Waals surface area contributed by atoms with Crippen LogP contribution in [0.25, 0.3) is 17.2 Å². The molecule has 2 N–H and O–H groups in total. The minimum absolute atomic E-state index is 0.0229. The molecule has 0 radical (unpaired) electrons. The molecule has 1 aromatic carbocycles. The number of benzene rings is 1. The predicted octanol–water partition coefficient (Wildman–Crippen LogP) is 3.52. The number of hydrogen-bond acceptors (Lipinski definition) is 7. The summed E-state index contributed by atoms with van der Waals surface area (Å²) in [6.07, 6.45) is 4.93. The van der Waals surface area contributed by atoms with Gasteiger partial charge in [0, 0.05) is 60.7 Å². The van der Waals surface area contributed by atoms with E-state index in [0.29, 0.717) is 41.9 Å². The van der Waals surface area contributed by atoms with E-state index >= 15 is 0 Å². The molecule has 0 unspecified atom stereocenters. The van der Waals surface area contributed by atoms with Crippen LogP contribution in [0, 0.1) is 24.6 Å². The van der Waals surface area contributed by atoms with Crippen LogP contribution < -0.4 is 10.5 Å². The third kappa shape index (κ3) is 4.51. The lowest BCUT2D eigenvalue weighted by atomic mass is 9.95. The molecule has 38 heavy (non-hydrogen) atoms. The van der Waals surface area contributed by atoms with Crippen LogP contribution in [0.1, 0.15) is 35.5 Å². The van der Waals surface area contributed by atoms with Crippen molar-refractivity contribution in [2.45, 2.75) is 32.4 Å². The molecular weight excluding hydrogens is 485 g/mol. The van der Waals surface area contributed by atoms with Gasteiger partial charge in [0.2, 0.25) is 11.8 Å². The predicted molar refractivity (Wildman–Crippen MR) is 138 cm³/mol. The van der Waals surface area contributed by atoms with Crippen LogP contribution in [-0.2, 0) is 5.54 Å². The van der Waals surface area contributed by atoms with Crippen molar-refractivity contribution in [3.63, 3.8) is 0 Å². The van der Waals surface area contributed by atoms with E-state index in [-0.39, 0.29) is 29.7 Å². The maximum absolute atomic E-state index is 13.5. The molecule has 9 nitrogen and oxygen atoms in total. The fraction of sp³-hybridized carbons (Fsp3) is 0.321. The first-order valence-corrected chi connectivity index (χ1v) is 12.5. The molecule has 3 atom stereocenters. The van der Waals surface area contributed by atoms with E-state index in [0.717, 1.165) is 11.1 Å². The van der Waals surface area contributed by atoms with E-state index in [1.165, 1.54) is 16.8 Å². The van der Waals surface area contributed by atoms with Crippen molar-refractivity contribution >= 4 is 5.91 Å². The van der Waals surface area contributed by atoms with Crippen molar-refractivity contribution in [2.24, 2.45) is 17.6 Å². The fourth-order valence-electron chi connectivity index (χ4n) is 5.01. The number of piperidine rings is 1. The van der Waals surface area contributed by atoms with Crippen molar-refractivity contribution in [3.8, 4) is 23.1 Å². The van der Waals surface area contributed by atoms with Gasteiger partial charge in [0.15, 0.2) is 0 Å². The summed E-state index contributed by atoms with van der Waals surface area (Å²) in [5, 5.41) is 4.42. The van der Waals surface area contributed by atoms with Crippen molar-refractivity contribution in [3.05, 3.63) is 83.7 Å².